The Morgan fingerprint density at radius 2 is 2.08 bits per heavy atom. The van der Waals surface area contributed by atoms with Crippen LogP contribution in [-0.2, 0) is 0 Å². The van der Waals surface area contributed by atoms with Crippen molar-refractivity contribution in [3.63, 3.8) is 0 Å². The summed E-state index contributed by atoms with van der Waals surface area (Å²) in [5.74, 6) is 1.08. The highest BCUT2D eigenvalue weighted by Gasteiger charge is 2.28. The van der Waals surface area contributed by atoms with Crippen molar-refractivity contribution in [2.24, 2.45) is 17.0 Å². The third kappa shape index (κ3) is 2.49. The number of hydrogen-bond donors (Lipinski definition) is 0. The first kappa shape index (κ1) is 10.1. The third-order valence-corrected chi connectivity index (χ3v) is 2.81. The van der Waals surface area contributed by atoms with E-state index in [1.165, 1.54) is 6.42 Å². The second-order valence-electron chi connectivity index (χ2n) is 4.39. The zero-order chi connectivity index (χ0) is 9.90. The average molecular weight is 179 g/mol. The quantitative estimate of drug-likeness (QED) is 0.269. The van der Waals surface area contributed by atoms with Crippen LogP contribution in [0.2, 0.25) is 0 Å². The van der Waals surface area contributed by atoms with Gasteiger partial charge in [0.25, 0.3) is 0 Å². The van der Waals surface area contributed by atoms with Gasteiger partial charge in [0.15, 0.2) is 0 Å². The van der Waals surface area contributed by atoms with Crippen LogP contribution in [0.15, 0.2) is 17.3 Å². The minimum absolute atomic E-state index is 0.272. The van der Waals surface area contributed by atoms with Crippen molar-refractivity contribution in [1.82, 2.24) is 0 Å². The lowest BCUT2D eigenvalue weighted by Crippen LogP contribution is -2.29. The van der Waals surface area contributed by atoms with Crippen molar-refractivity contribution in [2.45, 2.75) is 39.2 Å². The van der Waals surface area contributed by atoms with Crippen LogP contribution in [-0.4, -0.2) is 5.54 Å². The first-order valence-corrected chi connectivity index (χ1v) is 4.81. The first-order valence-electron chi connectivity index (χ1n) is 4.81. The first-order chi connectivity index (χ1) is 6.06. The molecule has 2 atom stereocenters. The number of rotatable bonds is 2. The fraction of sp³-hybridized carbons (Fsp3) is 0.800. The number of hydrogen-bond acceptors (Lipinski definition) is 1. The van der Waals surface area contributed by atoms with Gasteiger partial charge in [-0.3, -0.25) is 0 Å². The van der Waals surface area contributed by atoms with Gasteiger partial charge in [-0.25, -0.2) is 0 Å². The summed E-state index contributed by atoms with van der Waals surface area (Å²) < 4.78 is 0. The van der Waals surface area contributed by atoms with Crippen LogP contribution in [0.1, 0.15) is 33.6 Å². The SMILES string of the molecule is C[C@@H]1C=C[C@H](C(C)(C)N=[N+]=[N-])CC1. The molecule has 13 heavy (non-hydrogen) atoms. The lowest BCUT2D eigenvalue weighted by Gasteiger charge is -2.31. The van der Waals surface area contributed by atoms with E-state index >= 15 is 0 Å². The van der Waals surface area contributed by atoms with Gasteiger partial charge in [-0.15, -0.1) is 0 Å². The zero-order valence-corrected chi connectivity index (χ0v) is 8.57. The van der Waals surface area contributed by atoms with Gasteiger partial charge < -0.3 is 0 Å². The zero-order valence-electron chi connectivity index (χ0n) is 8.57. The van der Waals surface area contributed by atoms with Crippen LogP contribution in [0.4, 0.5) is 0 Å². The van der Waals surface area contributed by atoms with E-state index in [9.17, 15) is 0 Å². The Balaban J connectivity index is 2.73. The molecule has 1 rings (SSSR count). The second kappa shape index (κ2) is 3.84. The molecule has 0 bridgehead atoms. The maximum Gasteiger partial charge on any atom is 0.0494 e. The van der Waals surface area contributed by atoms with E-state index in [4.69, 9.17) is 5.53 Å². The molecule has 0 aromatic heterocycles. The second-order valence-corrected chi connectivity index (χ2v) is 4.39. The van der Waals surface area contributed by atoms with Crippen LogP contribution in [0, 0.1) is 11.8 Å². The van der Waals surface area contributed by atoms with Crippen LogP contribution >= 0.6 is 0 Å². The fourth-order valence-corrected chi connectivity index (χ4v) is 1.74. The van der Waals surface area contributed by atoms with Crippen LogP contribution in [0.5, 0.6) is 0 Å². The maximum absolute atomic E-state index is 8.42. The lowest BCUT2D eigenvalue weighted by molar-refractivity contribution is 0.328. The lowest BCUT2D eigenvalue weighted by atomic mass is 9.79. The van der Waals surface area contributed by atoms with Gasteiger partial charge in [0.05, 0.1) is 0 Å². The van der Waals surface area contributed by atoms with E-state index in [0.717, 1.165) is 6.42 Å². The fourth-order valence-electron chi connectivity index (χ4n) is 1.74. The van der Waals surface area contributed by atoms with Crippen molar-refractivity contribution in [2.75, 3.05) is 0 Å². The predicted octanol–water partition coefficient (Wildman–Crippen LogP) is 3.68. The average Bonchev–Trinajstić information content (AvgIpc) is 2.05. The van der Waals surface area contributed by atoms with Crippen molar-refractivity contribution in [1.29, 1.82) is 0 Å². The Labute approximate surface area is 79.5 Å². The summed E-state index contributed by atoms with van der Waals surface area (Å²) in [5.41, 5.74) is 8.15. The summed E-state index contributed by atoms with van der Waals surface area (Å²) in [7, 11) is 0. The van der Waals surface area contributed by atoms with Gasteiger partial charge in [0.1, 0.15) is 0 Å². The van der Waals surface area contributed by atoms with Gasteiger partial charge >= 0.3 is 0 Å². The summed E-state index contributed by atoms with van der Waals surface area (Å²) in [5, 5.41) is 3.83. The molecule has 0 amide bonds. The molecule has 0 aromatic rings. The highest BCUT2D eigenvalue weighted by Crippen LogP contribution is 2.32. The van der Waals surface area contributed by atoms with Crippen LogP contribution in [0.3, 0.4) is 0 Å². The molecular weight excluding hydrogens is 162 g/mol. The Kier molecular flexibility index (Phi) is 2.99. The molecule has 0 N–H and O–H groups in total. The molecule has 0 saturated heterocycles. The van der Waals surface area contributed by atoms with Gasteiger partial charge in [0.2, 0.25) is 0 Å². The minimum Gasteiger partial charge on any atom is -0.0872 e. The van der Waals surface area contributed by atoms with E-state index in [-0.39, 0.29) is 5.54 Å². The van der Waals surface area contributed by atoms with E-state index in [0.29, 0.717) is 11.8 Å². The molecule has 1 aliphatic rings. The maximum atomic E-state index is 8.42. The molecule has 0 heterocycles. The van der Waals surface area contributed by atoms with Gasteiger partial charge in [0, 0.05) is 10.5 Å². The molecule has 0 aromatic carbocycles. The monoisotopic (exact) mass is 179 g/mol. The summed E-state index contributed by atoms with van der Waals surface area (Å²) in [4.78, 5) is 2.89. The van der Waals surface area contributed by atoms with Crippen molar-refractivity contribution >= 4 is 0 Å². The summed E-state index contributed by atoms with van der Waals surface area (Å²) >= 11 is 0. The summed E-state index contributed by atoms with van der Waals surface area (Å²) in [6.45, 7) is 6.21. The largest absolute Gasteiger partial charge is 0.0872 e. The molecule has 3 nitrogen and oxygen atoms in total. The van der Waals surface area contributed by atoms with Gasteiger partial charge in [-0.2, -0.15) is 0 Å². The van der Waals surface area contributed by atoms with Gasteiger partial charge in [-0.1, -0.05) is 38.0 Å². The van der Waals surface area contributed by atoms with E-state index in [1.54, 1.807) is 0 Å². The number of nitrogens with zero attached hydrogens (tertiary/aromatic N) is 3. The topological polar surface area (TPSA) is 48.8 Å². The molecule has 3 heteroatoms. The van der Waals surface area contributed by atoms with Crippen LogP contribution < -0.4 is 0 Å². The molecule has 1 aliphatic carbocycles. The summed E-state index contributed by atoms with van der Waals surface area (Å²) in [6, 6.07) is 0. The number of azide groups is 1. The molecule has 0 fully saturated rings. The van der Waals surface area contributed by atoms with Crippen molar-refractivity contribution in [3.05, 3.63) is 22.6 Å². The standard InChI is InChI=1S/C10H17N3/c1-8-4-6-9(7-5-8)10(2,3)12-13-11/h4,6,8-9H,5,7H2,1-3H3/t8-,9+/m1/s1. The molecule has 72 valence electrons. The Bertz CT molecular complexity index is 249. The Morgan fingerprint density at radius 3 is 2.54 bits per heavy atom. The molecule has 0 unspecified atom stereocenters. The molecule has 0 radical (unpaired) electrons. The predicted molar refractivity (Wildman–Crippen MR) is 54.3 cm³/mol. The third-order valence-electron chi connectivity index (χ3n) is 2.81. The molecule has 0 aliphatic heterocycles. The Morgan fingerprint density at radius 1 is 1.38 bits per heavy atom. The van der Waals surface area contributed by atoms with Crippen LogP contribution in [0.25, 0.3) is 10.4 Å². The normalized spacial score (nSPS) is 28.2. The number of allylic oxidation sites excluding steroid dienone is 1. The van der Waals surface area contributed by atoms with Crippen molar-refractivity contribution in [3.8, 4) is 0 Å². The molecule has 0 spiro atoms. The van der Waals surface area contributed by atoms with Crippen molar-refractivity contribution < 1.29 is 0 Å². The highest BCUT2D eigenvalue weighted by atomic mass is 15.2. The Hall–Kier alpha value is -0.950. The highest BCUT2D eigenvalue weighted by molar-refractivity contribution is 5.04. The summed E-state index contributed by atoms with van der Waals surface area (Å²) in [6.07, 6.45) is 6.75. The van der Waals surface area contributed by atoms with E-state index in [2.05, 4.69) is 29.1 Å². The minimum atomic E-state index is -0.272. The molecular formula is C10H17N3. The van der Waals surface area contributed by atoms with E-state index in [1.807, 2.05) is 13.8 Å². The smallest absolute Gasteiger partial charge is 0.0494 e. The van der Waals surface area contributed by atoms with Gasteiger partial charge in [-0.05, 0) is 30.2 Å². The van der Waals surface area contributed by atoms with E-state index < -0.39 is 0 Å². The molecule has 0 saturated carbocycles.